The number of hydrogen-bond donors (Lipinski definition) is 1. The van der Waals surface area contributed by atoms with Crippen LogP contribution in [0.25, 0.3) is 0 Å². The van der Waals surface area contributed by atoms with E-state index in [1.165, 1.54) is 6.92 Å². The van der Waals surface area contributed by atoms with Crippen molar-refractivity contribution in [2.75, 3.05) is 0 Å². The lowest BCUT2D eigenvalue weighted by molar-refractivity contribution is -0.163. The van der Waals surface area contributed by atoms with Crippen molar-refractivity contribution in [1.29, 1.82) is 0 Å². The predicted molar refractivity (Wildman–Crippen MR) is 112 cm³/mol. The summed E-state index contributed by atoms with van der Waals surface area (Å²) in [6.07, 6.45) is 0.531. The molecule has 0 amide bonds. The van der Waals surface area contributed by atoms with Gasteiger partial charge in [0.15, 0.2) is 5.78 Å². The van der Waals surface area contributed by atoms with Crippen LogP contribution in [0.2, 0.25) is 0 Å². The van der Waals surface area contributed by atoms with E-state index in [1.54, 1.807) is 0 Å². The van der Waals surface area contributed by atoms with Gasteiger partial charge in [0.1, 0.15) is 17.3 Å². The number of carbonyl (C=O) groups is 4. The van der Waals surface area contributed by atoms with Gasteiger partial charge in [-0.3, -0.25) is 19.2 Å². The molecule has 164 valence electrons. The van der Waals surface area contributed by atoms with E-state index in [1.807, 2.05) is 41.5 Å². The summed E-state index contributed by atoms with van der Waals surface area (Å²) in [5.74, 6) is -0.541. The van der Waals surface area contributed by atoms with Crippen molar-refractivity contribution in [3.8, 4) is 0 Å². The van der Waals surface area contributed by atoms with E-state index in [4.69, 9.17) is 0 Å². The smallest absolute Gasteiger partial charge is 0.160 e. The molecule has 0 radical (unpaired) electrons. The molecule has 2 saturated carbocycles. The molecule has 1 N–H and O–H groups in total. The average Bonchev–Trinajstić information content (AvgIpc) is 2.83. The number of hydrogen-bond acceptors (Lipinski definition) is 5. The van der Waals surface area contributed by atoms with Gasteiger partial charge in [-0.05, 0) is 37.7 Å². The molecule has 0 unspecified atom stereocenters. The molecule has 4 aliphatic rings. The summed E-state index contributed by atoms with van der Waals surface area (Å²) in [4.78, 5) is 52.5. The van der Waals surface area contributed by atoms with E-state index in [2.05, 4.69) is 0 Å². The SMILES string of the molecule is CC(=O)[C@H]1CC(=O)[C@@]2(C)C3=C(C(=O)C[C@]12C)[C@@]1(C)CCC(=O)C(C)(C)[C@]1(C)C[C@@H]3O. The Balaban J connectivity index is 2.03. The van der Waals surface area contributed by atoms with Crippen LogP contribution in [0.3, 0.4) is 0 Å². The summed E-state index contributed by atoms with van der Waals surface area (Å²) < 4.78 is 0. The highest BCUT2D eigenvalue weighted by atomic mass is 16.3. The Hall–Kier alpha value is -1.62. The molecule has 30 heavy (non-hydrogen) atoms. The van der Waals surface area contributed by atoms with E-state index in [-0.39, 0.29) is 36.0 Å². The first-order valence-corrected chi connectivity index (χ1v) is 11.1. The van der Waals surface area contributed by atoms with Gasteiger partial charge in [-0.15, -0.1) is 0 Å². The molecule has 4 rings (SSSR count). The molecule has 4 aliphatic carbocycles. The molecular formula is C25H34O5. The first kappa shape index (κ1) is 21.6. The van der Waals surface area contributed by atoms with Crippen LogP contribution in [0.15, 0.2) is 11.1 Å². The van der Waals surface area contributed by atoms with Gasteiger partial charge >= 0.3 is 0 Å². The lowest BCUT2D eigenvalue weighted by Crippen LogP contribution is -2.64. The topological polar surface area (TPSA) is 88.5 Å². The van der Waals surface area contributed by atoms with Crippen molar-refractivity contribution in [3.63, 3.8) is 0 Å². The summed E-state index contributed by atoms with van der Waals surface area (Å²) in [6, 6.07) is 0. The molecule has 0 saturated heterocycles. The molecule has 0 aliphatic heterocycles. The second-order valence-corrected chi connectivity index (χ2v) is 11.7. The zero-order valence-corrected chi connectivity index (χ0v) is 19.3. The summed E-state index contributed by atoms with van der Waals surface area (Å²) in [5.41, 5.74) is -2.65. The molecule has 0 heterocycles. The molecule has 5 heteroatoms. The number of ketones is 4. The van der Waals surface area contributed by atoms with Gasteiger partial charge in [-0.25, -0.2) is 0 Å². The molecule has 0 aromatic rings. The summed E-state index contributed by atoms with van der Waals surface area (Å²) in [6.45, 7) is 13.1. The van der Waals surface area contributed by atoms with Crippen LogP contribution in [0.5, 0.6) is 0 Å². The van der Waals surface area contributed by atoms with Crippen molar-refractivity contribution in [1.82, 2.24) is 0 Å². The first-order chi connectivity index (χ1) is 13.6. The lowest BCUT2D eigenvalue weighted by Gasteiger charge is -2.65. The summed E-state index contributed by atoms with van der Waals surface area (Å²) in [5, 5.41) is 11.5. The molecule has 0 bridgehead atoms. The van der Waals surface area contributed by atoms with Gasteiger partial charge in [0.05, 0.1) is 11.5 Å². The van der Waals surface area contributed by atoms with Crippen LogP contribution in [0.4, 0.5) is 0 Å². The molecule has 5 nitrogen and oxygen atoms in total. The quantitative estimate of drug-likeness (QED) is 0.708. The fourth-order valence-electron chi connectivity index (χ4n) is 7.88. The van der Waals surface area contributed by atoms with Crippen molar-refractivity contribution >= 4 is 23.1 Å². The number of Topliss-reactive ketones (excluding diaryl/α,β-unsaturated/α-hetero) is 4. The highest BCUT2D eigenvalue weighted by Gasteiger charge is 2.72. The van der Waals surface area contributed by atoms with E-state index in [0.29, 0.717) is 30.4 Å². The first-order valence-electron chi connectivity index (χ1n) is 11.1. The molecule has 2 fully saturated rings. The Bertz CT molecular complexity index is 941. The Morgan fingerprint density at radius 1 is 1.00 bits per heavy atom. The highest BCUT2D eigenvalue weighted by Crippen LogP contribution is 2.72. The van der Waals surface area contributed by atoms with Crippen LogP contribution in [-0.4, -0.2) is 34.3 Å². The van der Waals surface area contributed by atoms with Crippen LogP contribution in [-0.2, 0) is 19.2 Å². The molecule has 0 spiro atoms. The number of carbonyl (C=O) groups excluding carboxylic acids is 4. The third kappa shape index (κ3) is 2.03. The van der Waals surface area contributed by atoms with Crippen LogP contribution < -0.4 is 0 Å². The zero-order valence-electron chi connectivity index (χ0n) is 19.3. The van der Waals surface area contributed by atoms with Gasteiger partial charge in [0.2, 0.25) is 0 Å². The maximum Gasteiger partial charge on any atom is 0.160 e. The summed E-state index contributed by atoms with van der Waals surface area (Å²) in [7, 11) is 0. The number of rotatable bonds is 1. The maximum absolute atomic E-state index is 13.8. The normalized spacial score (nSPS) is 47.7. The Morgan fingerprint density at radius 3 is 2.17 bits per heavy atom. The maximum atomic E-state index is 13.8. The minimum absolute atomic E-state index is 0.0531. The van der Waals surface area contributed by atoms with Gasteiger partial charge < -0.3 is 5.11 Å². The van der Waals surface area contributed by atoms with Gasteiger partial charge in [-0.2, -0.15) is 0 Å². The second kappa shape index (κ2) is 5.79. The van der Waals surface area contributed by atoms with E-state index in [9.17, 15) is 24.3 Å². The molecule has 0 aromatic heterocycles. The number of aliphatic hydroxyl groups is 1. The van der Waals surface area contributed by atoms with Crippen molar-refractivity contribution < 1.29 is 24.3 Å². The van der Waals surface area contributed by atoms with Crippen LogP contribution in [0, 0.1) is 33.0 Å². The largest absolute Gasteiger partial charge is 0.389 e. The van der Waals surface area contributed by atoms with Crippen molar-refractivity contribution in [2.24, 2.45) is 33.0 Å². The van der Waals surface area contributed by atoms with Crippen LogP contribution in [0.1, 0.15) is 80.6 Å². The number of aliphatic hydroxyl groups excluding tert-OH is 1. The zero-order chi connectivity index (χ0) is 22.7. The third-order valence-corrected chi connectivity index (χ3v) is 10.6. The Morgan fingerprint density at radius 2 is 1.60 bits per heavy atom. The van der Waals surface area contributed by atoms with E-state index < -0.39 is 39.1 Å². The van der Waals surface area contributed by atoms with Crippen molar-refractivity contribution in [2.45, 2.75) is 86.7 Å². The molecule has 6 atom stereocenters. The Labute approximate surface area is 178 Å². The van der Waals surface area contributed by atoms with Crippen LogP contribution >= 0.6 is 0 Å². The van der Waals surface area contributed by atoms with Gasteiger partial charge in [0.25, 0.3) is 0 Å². The third-order valence-electron chi connectivity index (χ3n) is 10.6. The Kier molecular flexibility index (Phi) is 4.17. The monoisotopic (exact) mass is 414 g/mol. The number of allylic oxidation sites excluding steroid dienone is 1. The number of fused-ring (bicyclic) bond motifs is 4. The standard InChI is InChI=1S/C25H34O5/c1-13(26)14-10-18(30)25(7)20-16(28)12-24(6)21(2,3)17(29)8-9-22(24,4)19(20)15(27)11-23(14,25)5/h14,16,28H,8-12H2,1-7H3/t14-,16+,22-,23-,24+,25+/m1/s1. The minimum atomic E-state index is -1.04. The fraction of sp³-hybridized carbons (Fsp3) is 0.760. The lowest BCUT2D eigenvalue weighted by atomic mass is 9.37. The van der Waals surface area contributed by atoms with Gasteiger partial charge in [0, 0.05) is 47.0 Å². The minimum Gasteiger partial charge on any atom is -0.389 e. The summed E-state index contributed by atoms with van der Waals surface area (Å²) >= 11 is 0. The highest BCUT2D eigenvalue weighted by molar-refractivity contribution is 6.07. The molecule has 0 aromatic carbocycles. The fourth-order valence-corrected chi connectivity index (χ4v) is 7.88. The van der Waals surface area contributed by atoms with E-state index in [0.717, 1.165) is 0 Å². The molecular weight excluding hydrogens is 380 g/mol. The predicted octanol–water partition coefficient (Wildman–Crippen LogP) is 3.61. The second-order valence-electron chi connectivity index (χ2n) is 11.7. The van der Waals surface area contributed by atoms with E-state index >= 15 is 0 Å². The van der Waals surface area contributed by atoms with Gasteiger partial charge in [-0.1, -0.05) is 34.6 Å². The van der Waals surface area contributed by atoms with Crippen molar-refractivity contribution in [3.05, 3.63) is 11.1 Å². The average molecular weight is 415 g/mol.